The summed E-state index contributed by atoms with van der Waals surface area (Å²) in [7, 11) is 0. The third-order valence-electron chi connectivity index (χ3n) is 1.96. The molecule has 0 spiro atoms. The van der Waals surface area contributed by atoms with Gasteiger partial charge in [-0.2, -0.15) is 0 Å². The number of fused-ring (bicyclic) bond motifs is 1. The van der Waals surface area contributed by atoms with Crippen LogP contribution in [0.5, 0.6) is 0 Å². The molecular weight excluding hydrogens is 276 g/mol. The van der Waals surface area contributed by atoms with E-state index < -0.39 is 9.89 Å². The molecule has 0 fully saturated rings. The molecule has 0 radical (unpaired) electrons. The predicted octanol–water partition coefficient (Wildman–Crippen LogP) is 2.78. The maximum absolute atomic E-state index is 10.8. The van der Waals surface area contributed by atoms with Crippen LogP contribution < -0.4 is 0 Å². The Morgan fingerprint density at radius 1 is 1.38 bits per heavy atom. The van der Waals surface area contributed by atoms with Crippen LogP contribution in [0.15, 0.2) is 18.2 Å². The van der Waals surface area contributed by atoms with Crippen LogP contribution in [0.3, 0.4) is 0 Å². The summed E-state index contributed by atoms with van der Waals surface area (Å²) in [4.78, 5) is 10.8. The first-order valence-electron chi connectivity index (χ1n) is 4.06. The molecule has 16 heavy (non-hydrogen) atoms. The Hall–Kier alpha value is -1.04. The van der Waals surface area contributed by atoms with Crippen molar-refractivity contribution < 1.29 is 9.90 Å². The van der Waals surface area contributed by atoms with Crippen LogP contribution in [-0.2, 0) is 3.79 Å². The Balaban J connectivity index is 2.77. The maximum Gasteiger partial charge on any atom is 0.434 e. The molecule has 2 rings (SSSR count). The zero-order valence-corrected chi connectivity index (χ0v) is 9.83. The molecule has 1 heterocycles. The molecule has 0 aliphatic heterocycles. The second kappa shape index (κ2) is 3.76. The Bertz CT molecular complexity index is 561. The maximum atomic E-state index is 10.8. The van der Waals surface area contributed by atoms with Crippen molar-refractivity contribution >= 4 is 51.9 Å². The fraction of sp³-hybridized carbons (Fsp3) is 0.125. The minimum atomic E-state index is -1.67. The standard InChI is InChI=1S/C8H4Cl3N3O2/c9-8(10,11)4-2-1-3-5-6(4)12-13-14(5)7(15)16/h1-3H,(H,15,16). The lowest BCUT2D eigenvalue weighted by atomic mass is 10.2. The number of carbonyl (C=O) groups is 1. The summed E-state index contributed by atoms with van der Waals surface area (Å²) < 4.78 is -0.950. The largest absolute Gasteiger partial charge is 0.463 e. The van der Waals surface area contributed by atoms with Crippen LogP contribution in [0.1, 0.15) is 5.56 Å². The quantitative estimate of drug-likeness (QED) is 0.753. The first-order chi connectivity index (χ1) is 7.41. The highest BCUT2D eigenvalue weighted by Crippen LogP contribution is 2.40. The van der Waals surface area contributed by atoms with Gasteiger partial charge in [-0.1, -0.05) is 52.1 Å². The predicted molar refractivity (Wildman–Crippen MR) is 60.2 cm³/mol. The molecule has 0 saturated heterocycles. The summed E-state index contributed by atoms with van der Waals surface area (Å²) >= 11 is 17.2. The van der Waals surface area contributed by atoms with Crippen molar-refractivity contribution in [2.24, 2.45) is 0 Å². The minimum absolute atomic E-state index is 0.255. The number of rotatable bonds is 0. The number of nitrogens with zero attached hydrogens (tertiary/aromatic N) is 3. The summed E-state index contributed by atoms with van der Waals surface area (Å²) in [5.74, 6) is 0. The van der Waals surface area contributed by atoms with Crippen LogP contribution in [0.25, 0.3) is 11.0 Å². The average molecular weight is 280 g/mol. The second-order valence-electron chi connectivity index (χ2n) is 2.95. The molecule has 0 aliphatic carbocycles. The number of halogens is 3. The van der Waals surface area contributed by atoms with Crippen molar-refractivity contribution in [2.45, 2.75) is 3.79 Å². The van der Waals surface area contributed by atoms with E-state index in [9.17, 15) is 4.79 Å². The van der Waals surface area contributed by atoms with Crippen molar-refractivity contribution in [3.05, 3.63) is 23.8 Å². The van der Waals surface area contributed by atoms with Gasteiger partial charge in [0.2, 0.25) is 3.79 Å². The Labute approximate surface area is 105 Å². The van der Waals surface area contributed by atoms with Gasteiger partial charge in [-0.25, -0.2) is 4.79 Å². The van der Waals surface area contributed by atoms with Gasteiger partial charge in [0.15, 0.2) is 0 Å². The van der Waals surface area contributed by atoms with E-state index in [2.05, 4.69) is 10.3 Å². The molecule has 0 saturated carbocycles. The number of carboxylic acid groups (broad SMARTS) is 1. The van der Waals surface area contributed by atoms with Gasteiger partial charge in [0.05, 0.1) is 0 Å². The summed E-state index contributed by atoms with van der Waals surface area (Å²) in [5, 5.41) is 16.0. The molecule has 0 amide bonds. The lowest BCUT2D eigenvalue weighted by Crippen LogP contribution is -2.09. The Morgan fingerprint density at radius 3 is 2.62 bits per heavy atom. The molecule has 1 N–H and O–H groups in total. The van der Waals surface area contributed by atoms with E-state index in [0.717, 1.165) is 4.68 Å². The lowest BCUT2D eigenvalue weighted by Gasteiger charge is -2.10. The van der Waals surface area contributed by atoms with Gasteiger partial charge in [0.1, 0.15) is 11.0 Å². The molecule has 84 valence electrons. The fourth-order valence-corrected chi connectivity index (χ4v) is 1.77. The second-order valence-corrected chi connectivity index (χ2v) is 5.24. The number of hydrogen-bond donors (Lipinski definition) is 1. The van der Waals surface area contributed by atoms with Gasteiger partial charge in [0.25, 0.3) is 0 Å². The van der Waals surface area contributed by atoms with E-state index in [0.29, 0.717) is 5.56 Å². The summed E-state index contributed by atoms with van der Waals surface area (Å²) in [6.07, 6.45) is -1.25. The molecule has 2 aromatic rings. The monoisotopic (exact) mass is 279 g/mol. The van der Waals surface area contributed by atoms with E-state index in [1.165, 1.54) is 6.07 Å². The minimum Gasteiger partial charge on any atom is -0.463 e. The molecule has 0 bridgehead atoms. The van der Waals surface area contributed by atoms with Gasteiger partial charge in [-0.3, -0.25) is 0 Å². The molecule has 0 atom stereocenters. The Morgan fingerprint density at radius 2 is 2.06 bits per heavy atom. The highest BCUT2D eigenvalue weighted by Gasteiger charge is 2.27. The van der Waals surface area contributed by atoms with E-state index in [4.69, 9.17) is 39.9 Å². The van der Waals surface area contributed by atoms with E-state index in [1.54, 1.807) is 12.1 Å². The molecule has 0 aliphatic rings. The number of hydrogen-bond acceptors (Lipinski definition) is 3. The van der Waals surface area contributed by atoms with E-state index in [1.807, 2.05) is 0 Å². The van der Waals surface area contributed by atoms with Crippen LogP contribution in [0, 0.1) is 0 Å². The van der Waals surface area contributed by atoms with Crippen LogP contribution in [-0.4, -0.2) is 26.2 Å². The average Bonchev–Trinajstić information content (AvgIpc) is 2.58. The molecule has 1 aromatic carbocycles. The number of aromatic nitrogens is 3. The highest BCUT2D eigenvalue weighted by molar-refractivity contribution is 6.67. The van der Waals surface area contributed by atoms with Gasteiger partial charge in [-0.15, -0.1) is 9.78 Å². The SMILES string of the molecule is O=C(O)n1nnc2c(C(Cl)(Cl)Cl)cccc21. The van der Waals surface area contributed by atoms with Crippen molar-refractivity contribution in [1.29, 1.82) is 0 Å². The summed E-state index contributed by atoms with van der Waals surface area (Å²) in [6.45, 7) is 0. The number of alkyl halides is 3. The van der Waals surface area contributed by atoms with Crippen LogP contribution in [0.4, 0.5) is 4.79 Å². The molecule has 5 nitrogen and oxygen atoms in total. The molecule has 8 heteroatoms. The van der Waals surface area contributed by atoms with Crippen molar-refractivity contribution in [3.63, 3.8) is 0 Å². The highest BCUT2D eigenvalue weighted by atomic mass is 35.6. The van der Waals surface area contributed by atoms with Gasteiger partial charge < -0.3 is 5.11 Å². The zero-order valence-electron chi connectivity index (χ0n) is 7.56. The van der Waals surface area contributed by atoms with Crippen LogP contribution in [0.2, 0.25) is 0 Å². The van der Waals surface area contributed by atoms with Crippen LogP contribution >= 0.6 is 34.8 Å². The van der Waals surface area contributed by atoms with E-state index in [-0.39, 0.29) is 11.0 Å². The summed E-state index contributed by atoms with van der Waals surface area (Å²) in [5.41, 5.74) is 0.823. The topological polar surface area (TPSA) is 68.0 Å². The van der Waals surface area contributed by atoms with Crippen molar-refractivity contribution in [1.82, 2.24) is 15.0 Å². The molecule has 1 aromatic heterocycles. The Kier molecular flexibility index (Phi) is 2.69. The fourth-order valence-electron chi connectivity index (χ4n) is 1.32. The molecule has 0 unspecified atom stereocenters. The van der Waals surface area contributed by atoms with Crippen molar-refractivity contribution in [3.8, 4) is 0 Å². The number of benzene rings is 1. The first-order valence-corrected chi connectivity index (χ1v) is 5.19. The third kappa shape index (κ3) is 1.81. The van der Waals surface area contributed by atoms with Gasteiger partial charge in [0, 0.05) is 5.56 Å². The lowest BCUT2D eigenvalue weighted by molar-refractivity contribution is 0.193. The normalized spacial score (nSPS) is 11.9. The van der Waals surface area contributed by atoms with Gasteiger partial charge >= 0.3 is 6.09 Å². The van der Waals surface area contributed by atoms with E-state index >= 15 is 0 Å². The van der Waals surface area contributed by atoms with Gasteiger partial charge in [-0.05, 0) is 6.07 Å². The summed E-state index contributed by atoms with van der Waals surface area (Å²) in [6, 6.07) is 4.65. The molecular formula is C8H4Cl3N3O2. The first kappa shape index (κ1) is 11.4. The van der Waals surface area contributed by atoms with Crippen molar-refractivity contribution in [2.75, 3.05) is 0 Å². The third-order valence-corrected chi connectivity index (χ3v) is 2.57. The zero-order chi connectivity index (χ0) is 11.9. The smallest absolute Gasteiger partial charge is 0.434 e.